The third kappa shape index (κ3) is 3.35. The van der Waals surface area contributed by atoms with Crippen LogP contribution < -0.4 is 4.74 Å². The highest BCUT2D eigenvalue weighted by Crippen LogP contribution is 2.27. The zero-order chi connectivity index (χ0) is 12.7. The first-order valence-electron chi connectivity index (χ1n) is 5.78. The highest BCUT2D eigenvalue weighted by molar-refractivity contribution is 5.47. The molecule has 0 aliphatic heterocycles. The summed E-state index contributed by atoms with van der Waals surface area (Å²) < 4.78 is 5.49. The van der Waals surface area contributed by atoms with Gasteiger partial charge in [0.25, 0.3) is 0 Å². The van der Waals surface area contributed by atoms with Crippen molar-refractivity contribution in [3.63, 3.8) is 0 Å². The minimum atomic E-state index is 0.818. The molecule has 1 nitrogen and oxygen atoms in total. The molecule has 17 heavy (non-hydrogen) atoms. The summed E-state index contributed by atoms with van der Waals surface area (Å²) in [6, 6.07) is 4.32. The molecule has 90 valence electrons. The molecule has 0 amide bonds. The minimum absolute atomic E-state index is 0.818. The lowest BCUT2D eigenvalue weighted by Gasteiger charge is -2.14. The Kier molecular flexibility index (Phi) is 5.28. The van der Waals surface area contributed by atoms with Crippen LogP contribution in [0.2, 0.25) is 0 Å². The molecule has 1 aromatic carbocycles. The molecular formula is C16H20O. The van der Waals surface area contributed by atoms with Gasteiger partial charge in [-0.05, 0) is 36.0 Å². The fraction of sp³-hybridized carbons (Fsp3) is 0.250. The number of rotatable bonds is 7. The van der Waals surface area contributed by atoms with E-state index in [4.69, 9.17) is 4.74 Å². The summed E-state index contributed by atoms with van der Waals surface area (Å²) in [6.07, 6.45) is 8.21. The number of ether oxygens (including phenoxy) is 1. The lowest BCUT2D eigenvalue weighted by atomic mass is 9.98. The van der Waals surface area contributed by atoms with E-state index in [1.807, 2.05) is 18.2 Å². The summed E-state index contributed by atoms with van der Waals surface area (Å²) in [6.45, 7) is 11.4. The fourth-order valence-corrected chi connectivity index (χ4v) is 1.99. The largest absolute Gasteiger partial charge is 0.496 e. The summed E-state index contributed by atoms with van der Waals surface area (Å²) in [5, 5.41) is 0. The predicted molar refractivity (Wildman–Crippen MR) is 74.7 cm³/mol. The van der Waals surface area contributed by atoms with Gasteiger partial charge in [0.2, 0.25) is 0 Å². The second-order valence-electron chi connectivity index (χ2n) is 3.93. The van der Waals surface area contributed by atoms with Gasteiger partial charge in [0.15, 0.2) is 0 Å². The third-order valence-corrected chi connectivity index (χ3v) is 2.62. The van der Waals surface area contributed by atoms with Crippen molar-refractivity contribution in [3.8, 4) is 5.75 Å². The van der Waals surface area contributed by atoms with E-state index in [1.54, 1.807) is 7.11 Å². The van der Waals surface area contributed by atoms with E-state index < -0.39 is 0 Å². The molecule has 0 saturated carbocycles. The molecule has 1 rings (SSSR count). The van der Waals surface area contributed by atoms with Crippen molar-refractivity contribution < 1.29 is 4.74 Å². The lowest BCUT2D eigenvalue weighted by molar-refractivity contribution is 0.406. The van der Waals surface area contributed by atoms with Gasteiger partial charge in [0, 0.05) is 0 Å². The fourth-order valence-electron chi connectivity index (χ4n) is 1.99. The molecule has 1 aromatic rings. The molecule has 0 spiro atoms. The lowest BCUT2D eigenvalue weighted by Crippen LogP contribution is -1.99. The normalized spacial score (nSPS) is 9.71. The molecule has 0 N–H and O–H groups in total. The van der Waals surface area contributed by atoms with Crippen molar-refractivity contribution in [1.29, 1.82) is 0 Å². The summed E-state index contributed by atoms with van der Waals surface area (Å²) in [5.41, 5.74) is 3.62. The van der Waals surface area contributed by atoms with E-state index in [9.17, 15) is 0 Å². The van der Waals surface area contributed by atoms with E-state index in [2.05, 4.69) is 31.9 Å². The summed E-state index contributed by atoms with van der Waals surface area (Å²) in [7, 11) is 1.71. The zero-order valence-electron chi connectivity index (χ0n) is 10.5. The number of benzene rings is 1. The highest BCUT2D eigenvalue weighted by Gasteiger charge is 2.09. The Morgan fingerprint density at radius 3 is 1.76 bits per heavy atom. The van der Waals surface area contributed by atoms with Gasteiger partial charge < -0.3 is 4.74 Å². The number of allylic oxidation sites excluding steroid dienone is 3. The van der Waals surface area contributed by atoms with Crippen LogP contribution in [0.25, 0.3) is 0 Å². The van der Waals surface area contributed by atoms with Gasteiger partial charge in [-0.25, -0.2) is 0 Å². The van der Waals surface area contributed by atoms with Crippen molar-refractivity contribution >= 4 is 0 Å². The second kappa shape index (κ2) is 6.74. The van der Waals surface area contributed by atoms with E-state index in [0.29, 0.717) is 0 Å². The maximum absolute atomic E-state index is 5.49. The topological polar surface area (TPSA) is 9.23 Å². The molecule has 0 atom stereocenters. The first kappa shape index (κ1) is 13.3. The van der Waals surface area contributed by atoms with Crippen LogP contribution in [0.5, 0.6) is 5.75 Å². The molecule has 0 radical (unpaired) electrons. The molecular weight excluding hydrogens is 208 g/mol. The maximum Gasteiger partial charge on any atom is 0.125 e. The summed E-state index contributed by atoms with van der Waals surface area (Å²) >= 11 is 0. The Morgan fingerprint density at radius 2 is 1.41 bits per heavy atom. The van der Waals surface area contributed by atoms with Gasteiger partial charge in [-0.1, -0.05) is 30.4 Å². The summed E-state index contributed by atoms with van der Waals surface area (Å²) in [5.74, 6) is 0.956. The van der Waals surface area contributed by atoms with Crippen molar-refractivity contribution in [3.05, 3.63) is 66.8 Å². The van der Waals surface area contributed by atoms with Crippen LogP contribution in [0.15, 0.2) is 50.1 Å². The molecule has 0 fully saturated rings. The van der Waals surface area contributed by atoms with Crippen LogP contribution >= 0.6 is 0 Å². The van der Waals surface area contributed by atoms with Crippen molar-refractivity contribution in [2.75, 3.05) is 7.11 Å². The minimum Gasteiger partial charge on any atom is -0.496 e. The van der Waals surface area contributed by atoms with Crippen LogP contribution in [-0.2, 0) is 19.3 Å². The Balaban J connectivity index is 3.27. The Bertz CT molecular complexity index is 385. The van der Waals surface area contributed by atoms with Gasteiger partial charge in [-0.15, -0.1) is 19.7 Å². The van der Waals surface area contributed by atoms with Crippen LogP contribution in [0.4, 0.5) is 0 Å². The Labute approximate surface area is 104 Å². The molecule has 0 aromatic heterocycles. The van der Waals surface area contributed by atoms with Crippen LogP contribution in [-0.4, -0.2) is 7.11 Å². The van der Waals surface area contributed by atoms with Crippen LogP contribution in [0.3, 0.4) is 0 Å². The third-order valence-electron chi connectivity index (χ3n) is 2.62. The van der Waals surface area contributed by atoms with Gasteiger partial charge in [0.1, 0.15) is 5.75 Å². The average molecular weight is 228 g/mol. The highest BCUT2D eigenvalue weighted by atomic mass is 16.5. The van der Waals surface area contributed by atoms with Gasteiger partial charge in [-0.2, -0.15) is 0 Å². The molecule has 0 unspecified atom stereocenters. The van der Waals surface area contributed by atoms with E-state index in [1.165, 1.54) is 16.7 Å². The number of hydrogen-bond acceptors (Lipinski definition) is 1. The van der Waals surface area contributed by atoms with E-state index >= 15 is 0 Å². The van der Waals surface area contributed by atoms with Gasteiger partial charge >= 0.3 is 0 Å². The number of methoxy groups -OCH3 is 1. The molecule has 1 heteroatoms. The monoisotopic (exact) mass is 228 g/mol. The molecule has 0 bridgehead atoms. The quantitative estimate of drug-likeness (QED) is 0.643. The smallest absolute Gasteiger partial charge is 0.125 e. The predicted octanol–water partition coefficient (Wildman–Crippen LogP) is 3.88. The standard InChI is InChI=1S/C16H20O/c1-5-8-13-11-14(9-6-2)16(17-4)15(12-13)10-7-3/h5-7,11-12H,1-3,8-10H2,4H3. The van der Waals surface area contributed by atoms with Crippen LogP contribution in [0.1, 0.15) is 16.7 Å². The van der Waals surface area contributed by atoms with Crippen molar-refractivity contribution in [2.45, 2.75) is 19.3 Å². The first-order valence-corrected chi connectivity index (χ1v) is 5.78. The van der Waals surface area contributed by atoms with Crippen molar-refractivity contribution in [1.82, 2.24) is 0 Å². The van der Waals surface area contributed by atoms with E-state index in [0.717, 1.165) is 25.0 Å². The maximum atomic E-state index is 5.49. The van der Waals surface area contributed by atoms with E-state index in [-0.39, 0.29) is 0 Å². The average Bonchev–Trinajstić information content (AvgIpc) is 2.30. The zero-order valence-corrected chi connectivity index (χ0v) is 10.5. The molecule has 0 aliphatic carbocycles. The number of hydrogen-bond donors (Lipinski definition) is 0. The SMILES string of the molecule is C=CCc1cc(CC=C)c(OC)c(CC=C)c1. The second-order valence-corrected chi connectivity index (χ2v) is 3.93. The van der Waals surface area contributed by atoms with Crippen LogP contribution in [0, 0.1) is 0 Å². The Hall–Kier alpha value is -1.76. The summed E-state index contributed by atoms with van der Waals surface area (Å²) in [4.78, 5) is 0. The molecule has 0 aliphatic rings. The molecule has 0 heterocycles. The van der Waals surface area contributed by atoms with Gasteiger partial charge in [-0.3, -0.25) is 0 Å². The Morgan fingerprint density at radius 1 is 0.941 bits per heavy atom. The van der Waals surface area contributed by atoms with Crippen molar-refractivity contribution in [2.24, 2.45) is 0 Å². The van der Waals surface area contributed by atoms with Gasteiger partial charge in [0.05, 0.1) is 7.11 Å². The molecule has 0 saturated heterocycles. The first-order chi connectivity index (χ1) is 8.26.